The van der Waals surface area contributed by atoms with Crippen LogP contribution in [0.5, 0.6) is 17.2 Å². The zero-order valence-electron chi connectivity index (χ0n) is 30.1. The molecule has 2 aliphatic rings. The van der Waals surface area contributed by atoms with E-state index in [0.717, 1.165) is 80.6 Å². The molecule has 1 saturated heterocycles. The van der Waals surface area contributed by atoms with Gasteiger partial charge in [-0.25, -0.2) is 4.79 Å². The van der Waals surface area contributed by atoms with Crippen molar-refractivity contribution in [2.75, 3.05) is 6.61 Å². The largest absolute Gasteiger partial charge is 0.489 e. The van der Waals surface area contributed by atoms with Crippen LogP contribution in [0.3, 0.4) is 0 Å². The Kier molecular flexibility index (Phi) is 10.0. The summed E-state index contributed by atoms with van der Waals surface area (Å²) < 4.78 is 25.0. The van der Waals surface area contributed by atoms with E-state index in [9.17, 15) is 14.4 Å². The summed E-state index contributed by atoms with van der Waals surface area (Å²) in [6.07, 6.45) is 3.30. The molecule has 51 heavy (non-hydrogen) atoms. The van der Waals surface area contributed by atoms with Gasteiger partial charge in [0.25, 0.3) is 11.1 Å². The van der Waals surface area contributed by atoms with Gasteiger partial charge < -0.3 is 18.9 Å². The summed E-state index contributed by atoms with van der Waals surface area (Å²) >= 11 is 0.897. The van der Waals surface area contributed by atoms with Gasteiger partial charge in [-0.05, 0) is 136 Å². The summed E-state index contributed by atoms with van der Waals surface area (Å²) in [5.74, 6) is 1.75. The van der Waals surface area contributed by atoms with E-state index in [1.54, 1.807) is 12.1 Å². The number of carbonyl (C=O) groups excluding carboxylic acids is 3. The first-order valence-electron chi connectivity index (χ1n) is 17.0. The molecular formula is C42H43NO7S. The molecule has 264 valence electrons. The summed E-state index contributed by atoms with van der Waals surface area (Å²) in [4.78, 5) is 36.6. The van der Waals surface area contributed by atoms with Crippen LogP contribution >= 0.6 is 11.8 Å². The molecule has 4 aromatic rings. The van der Waals surface area contributed by atoms with E-state index in [1.807, 2.05) is 87.5 Å². The monoisotopic (exact) mass is 705 g/mol. The fourth-order valence-electron chi connectivity index (χ4n) is 6.25. The molecule has 0 aromatic heterocycles. The molecule has 0 bridgehead atoms. The molecule has 0 saturated carbocycles. The number of esters is 1. The number of benzene rings is 4. The molecule has 6 rings (SSSR count). The zero-order chi connectivity index (χ0) is 36.5. The molecular weight excluding hydrogens is 663 g/mol. The van der Waals surface area contributed by atoms with Crippen molar-refractivity contribution in [2.45, 2.75) is 79.1 Å². The van der Waals surface area contributed by atoms with Gasteiger partial charge in [0.05, 0.1) is 10.5 Å². The van der Waals surface area contributed by atoms with E-state index in [0.29, 0.717) is 29.4 Å². The van der Waals surface area contributed by atoms with Crippen molar-refractivity contribution in [3.63, 3.8) is 0 Å². The van der Waals surface area contributed by atoms with Gasteiger partial charge in [-0.1, -0.05) is 54.6 Å². The average Bonchev–Trinajstić information content (AvgIpc) is 3.42. The van der Waals surface area contributed by atoms with E-state index < -0.39 is 11.2 Å². The zero-order valence-corrected chi connectivity index (χ0v) is 30.9. The average molecular weight is 706 g/mol. The SMILES string of the molecule is Cc1c(C)c2c(c(C)c1OCc1ccc(-c3ccccc3C(=O)OC(C)(C)C)cc1)CCC(C)(COc1ccc(C=C3SC(=O)NC3=O)cc1)O2. The second-order valence-corrected chi connectivity index (χ2v) is 15.3. The first-order chi connectivity index (χ1) is 24.2. The van der Waals surface area contributed by atoms with E-state index in [-0.39, 0.29) is 17.1 Å². The minimum atomic E-state index is -0.577. The van der Waals surface area contributed by atoms with E-state index in [1.165, 1.54) is 0 Å². The van der Waals surface area contributed by atoms with Gasteiger partial charge in [0.15, 0.2) is 0 Å². The topological polar surface area (TPSA) is 100 Å². The number of ether oxygens (including phenoxy) is 4. The van der Waals surface area contributed by atoms with Crippen LogP contribution in [0.15, 0.2) is 77.7 Å². The van der Waals surface area contributed by atoms with Crippen molar-refractivity contribution < 1.29 is 33.3 Å². The van der Waals surface area contributed by atoms with Gasteiger partial charge >= 0.3 is 5.97 Å². The van der Waals surface area contributed by atoms with Crippen molar-refractivity contribution in [2.24, 2.45) is 0 Å². The molecule has 1 atom stereocenters. The molecule has 0 aliphatic carbocycles. The molecule has 1 unspecified atom stereocenters. The summed E-state index contributed by atoms with van der Waals surface area (Å²) in [6, 6.07) is 23.0. The number of thioether (sulfide) groups is 1. The third kappa shape index (κ3) is 8.15. The first kappa shape index (κ1) is 35.8. The van der Waals surface area contributed by atoms with E-state index in [4.69, 9.17) is 18.9 Å². The van der Waals surface area contributed by atoms with Gasteiger partial charge in [-0.3, -0.25) is 14.9 Å². The van der Waals surface area contributed by atoms with Gasteiger partial charge in [-0.15, -0.1) is 0 Å². The molecule has 2 aliphatic heterocycles. The number of hydrogen-bond donors (Lipinski definition) is 1. The lowest BCUT2D eigenvalue weighted by Crippen LogP contribution is -2.42. The molecule has 1 N–H and O–H groups in total. The maximum atomic E-state index is 12.9. The normalized spacial score (nSPS) is 17.8. The van der Waals surface area contributed by atoms with Crippen molar-refractivity contribution >= 4 is 35.0 Å². The molecule has 0 spiro atoms. The van der Waals surface area contributed by atoms with Crippen molar-refractivity contribution in [3.8, 4) is 28.4 Å². The van der Waals surface area contributed by atoms with Crippen LogP contribution in [-0.4, -0.2) is 34.9 Å². The Morgan fingerprint density at radius 3 is 2.29 bits per heavy atom. The minimum absolute atomic E-state index is 0.340. The second-order valence-electron chi connectivity index (χ2n) is 14.3. The Bertz CT molecular complexity index is 2030. The lowest BCUT2D eigenvalue weighted by molar-refractivity contribution is -0.115. The third-order valence-corrected chi connectivity index (χ3v) is 9.93. The lowest BCUT2D eigenvalue weighted by Gasteiger charge is -2.38. The van der Waals surface area contributed by atoms with Gasteiger partial charge in [0.1, 0.15) is 41.7 Å². The van der Waals surface area contributed by atoms with E-state index >= 15 is 0 Å². The van der Waals surface area contributed by atoms with Gasteiger partial charge in [-0.2, -0.15) is 0 Å². The van der Waals surface area contributed by atoms with E-state index in [2.05, 4.69) is 33.0 Å². The maximum absolute atomic E-state index is 12.9. The second kappa shape index (κ2) is 14.3. The molecule has 9 heteroatoms. The number of nitrogens with one attached hydrogen (secondary N) is 1. The van der Waals surface area contributed by atoms with Crippen LogP contribution in [-0.2, 0) is 22.6 Å². The fraction of sp³-hybridized carbons (Fsp3) is 0.310. The molecule has 2 amide bonds. The Labute approximate surface area is 303 Å². The number of rotatable bonds is 9. The number of imide groups is 1. The summed E-state index contributed by atoms with van der Waals surface area (Å²) in [5.41, 5.74) is 7.36. The van der Waals surface area contributed by atoms with Crippen molar-refractivity contribution in [1.29, 1.82) is 0 Å². The summed E-state index contributed by atoms with van der Waals surface area (Å²) in [7, 11) is 0. The lowest BCUT2D eigenvalue weighted by atomic mass is 9.87. The predicted molar refractivity (Wildman–Crippen MR) is 200 cm³/mol. The van der Waals surface area contributed by atoms with Gasteiger partial charge in [0, 0.05) is 5.56 Å². The van der Waals surface area contributed by atoms with Crippen LogP contribution in [0, 0.1) is 20.8 Å². The highest BCUT2D eigenvalue weighted by Crippen LogP contribution is 2.44. The quantitative estimate of drug-likeness (QED) is 0.136. The fourth-order valence-corrected chi connectivity index (χ4v) is 6.93. The highest BCUT2D eigenvalue weighted by Gasteiger charge is 2.36. The molecule has 4 aromatic carbocycles. The maximum Gasteiger partial charge on any atom is 0.339 e. The molecule has 0 radical (unpaired) electrons. The Balaban J connectivity index is 1.10. The van der Waals surface area contributed by atoms with Crippen LogP contribution in [0.2, 0.25) is 0 Å². The summed E-state index contributed by atoms with van der Waals surface area (Å²) in [5, 5.41) is 1.91. The standard InChI is InChI=1S/C42H43NO7S/c1-25-26(2)37-32(20-21-42(7,49-37)24-48-31-18-14-28(15-19-31)22-35-38(44)43-40(46)51-35)27(3)36(25)47-23-29-12-16-30(17-13-29)33-10-8-9-11-34(33)39(45)50-41(4,5)6/h8-19,22H,20-21,23-24H2,1-7H3,(H,43,44,46). The number of hydrogen-bond acceptors (Lipinski definition) is 8. The Morgan fingerprint density at radius 2 is 1.63 bits per heavy atom. The smallest absolute Gasteiger partial charge is 0.339 e. The van der Waals surface area contributed by atoms with Gasteiger partial charge in [0.2, 0.25) is 0 Å². The molecule has 2 heterocycles. The predicted octanol–water partition coefficient (Wildman–Crippen LogP) is 9.30. The summed E-state index contributed by atoms with van der Waals surface area (Å²) in [6.45, 7) is 14.7. The number of amides is 2. The van der Waals surface area contributed by atoms with Crippen LogP contribution in [0.4, 0.5) is 4.79 Å². The minimum Gasteiger partial charge on any atom is -0.489 e. The highest BCUT2D eigenvalue weighted by atomic mass is 32.2. The number of fused-ring (bicyclic) bond motifs is 1. The number of carbonyl (C=O) groups is 3. The Morgan fingerprint density at radius 1 is 0.922 bits per heavy atom. The highest BCUT2D eigenvalue weighted by molar-refractivity contribution is 8.18. The van der Waals surface area contributed by atoms with Crippen LogP contribution < -0.4 is 19.5 Å². The molecule has 1 fully saturated rings. The van der Waals surface area contributed by atoms with Crippen molar-refractivity contribution in [1.82, 2.24) is 5.32 Å². The third-order valence-electron chi connectivity index (χ3n) is 9.12. The van der Waals surface area contributed by atoms with Crippen LogP contribution in [0.25, 0.3) is 17.2 Å². The first-order valence-corrected chi connectivity index (χ1v) is 17.9. The Hall–Kier alpha value is -5.02. The molecule has 8 nitrogen and oxygen atoms in total. The van der Waals surface area contributed by atoms with Crippen molar-refractivity contribution in [3.05, 3.63) is 117 Å². The van der Waals surface area contributed by atoms with Crippen LogP contribution in [0.1, 0.15) is 77.9 Å².